The van der Waals surface area contributed by atoms with Crippen molar-refractivity contribution in [3.63, 3.8) is 0 Å². The van der Waals surface area contributed by atoms with Crippen LogP contribution in [-0.2, 0) is 4.74 Å². The minimum absolute atomic E-state index is 0.0737. The van der Waals surface area contributed by atoms with Crippen molar-refractivity contribution >= 4 is 15.9 Å². The first-order valence-electron chi connectivity index (χ1n) is 8.47. The zero-order valence-corrected chi connectivity index (χ0v) is 14.9. The summed E-state index contributed by atoms with van der Waals surface area (Å²) in [6.45, 7) is 0.355. The lowest BCUT2D eigenvalue weighted by Crippen LogP contribution is -2.36. The normalized spacial score (nSPS) is 27.5. The van der Waals surface area contributed by atoms with E-state index in [2.05, 4.69) is 5.32 Å². The quantitative estimate of drug-likeness (QED) is 0.546. The van der Waals surface area contributed by atoms with Gasteiger partial charge in [0, 0.05) is 23.8 Å². The third-order valence-electron chi connectivity index (χ3n) is 5.11. The Hall–Kier alpha value is -2.00. The lowest BCUT2D eigenvalue weighted by molar-refractivity contribution is -0.0383. The lowest BCUT2D eigenvalue weighted by Gasteiger charge is -2.45. The van der Waals surface area contributed by atoms with Gasteiger partial charge in [-0.25, -0.2) is 0 Å². The number of ether oxygens (including phenoxy) is 1. The first-order valence-corrected chi connectivity index (χ1v) is 10.4. The average molecular weight is 407 g/mol. The Bertz CT molecular complexity index is 903. The summed E-state index contributed by atoms with van der Waals surface area (Å²) in [6, 6.07) is 8.25. The Morgan fingerprint density at radius 2 is 1.81 bits per heavy atom. The summed E-state index contributed by atoms with van der Waals surface area (Å²) in [5.41, 5.74) is 1.19. The van der Waals surface area contributed by atoms with Crippen LogP contribution in [0.5, 0.6) is 5.75 Å². The molecule has 4 rings (SSSR count). The van der Waals surface area contributed by atoms with Crippen LogP contribution in [0.4, 0.5) is 25.1 Å². The Morgan fingerprint density at radius 1 is 1.04 bits per heavy atom. The number of phenols is 1. The van der Waals surface area contributed by atoms with E-state index < -0.39 is 21.2 Å². The molecule has 148 valence electrons. The largest absolute Gasteiger partial charge is 0.508 e. The Kier molecular flexibility index (Phi) is 3.60. The molecule has 0 unspecified atom stereocenters. The fourth-order valence-corrected chi connectivity index (χ4v) is 4.61. The van der Waals surface area contributed by atoms with Crippen LogP contribution in [0.2, 0.25) is 0 Å². The summed E-state index contributed by atoms with van der Waals surface area (Å²) in [7, 11) is -9.77. The van der Waals surface area contributed by atoms with E-state index in [0.717, 1.165) is 18.1 Å². The molecule has 0 radical (unpaired) electrons. The molecule has 0 aromatic heterocycles. The zero-order chi connectivity index (χ0) is 19.5. The summed E-state index contributed by atoms with van der Waals surface area (Å²) in [5, 5.41) is 12.9. The topological polar surface area (TPSA) is 41.5 Å². The van der Waals surface area contributed by atoms with Gasteiger partial charge in [0.2, 0.25) is 0 Å². The van der Waals surface area contributed by atoms with Crippen LogP contribution in [-0.4, -0.2) is 11.7 Å². The van der Waals surface area contributed by atoms with Crippen molar-refractivity contribution < 1.29 is 29.3 Å². The molecule has 3 nitrogen and oxygen atoms in total. The van der Waals surface area contributed by atoms with Gasteiger partial charge in [0.25, 0.3) is 0 Å². The minimum atomic E-state index is -9.77. The third kappa shape index (κ3) is 3.45. The molecule has 0 saturated carbocycles. The summed E-state index contributed by atoms with van der Waals surface area (Å²) >= 11 is 0. The van der Waals surface area contributed by atoms with Crippen molar-refractivity contribution in [1.29, 1.82) is 0 Å². The number of anilines is 1. The third-order valence-corrected chi connectivity index (χ3v) is 6.26. The van der Waals surface area contributed by atoms with Crippen molar-refractivity contribution in [2.24, 2.45) is 5.92 Å². The highest BCUT2D eigenvalue weighted by Gasteiger charge is 2.65. The van der Waals surface area contributed by atoms with Crippen LogP contribution in [0.1, 0.15) is 36.1 Å². The van der Waals surface area contributed by atoms with Crippen LogP contribution in [0.3, 0.4) is 0 Å². The van der Waals surface area contributed by atoms with Gasteiger partial charge in [-0.2, -0.15) is 0 Å². The molecule has 1 saturated heterocycles. The number of halogens is 5. The van der Waals surface area contributed by atoms with Gasteiger partial charge in [-0.05, 0) is 48.7 Å². The van der Waals surface area contributed by atoms with Crippen LogP contribution in [0, 0.1) is 5.92 Å². The van der Waals surface area contributed by atoms with E-state index in [1.54, 1.807) is 18.2 Å². The minimum Gasteiger partial charge on any atom is -0.508 e. The molecular weight excluding hydrogens is 389 g/mol. The predicted molar refractivity (Wildman–Crippen MR) is 93.7 cm³/mol. The van der Waals surface area contributed by atoms with Crippen molar-refractivity contribution in [3.05, 3.63) is 53.6 Å². The second kappa shape index (κ2) is 5.29. The van der Waals surface area contributed by atoms with Gasteiger partial charge in [-0.1, -0.05) is 31.6 Å². The van der Waals surface area contributed by atoms with Gasteiger partial charge < -0.3 is 15.2 Å². The van der Waals surface area contributed by atoms with Crippen molar-refractivity contribution in [3.8, 4) is 5.75 Å². The van der Waals surface area contributed by atoms with Gasteiger partial charge >= 0.3 is 10.2 Å². The number of phenolic OH excluding ortho intramolecular Hbond substituents is 1. The average Bonchev–Trinajstić information content (AvgIpc) is 2.58. The lowest BCUT2D eigenvalue weighted by atomic mass is 9.77. The number of rotatable bonds is 2. The number of hydrogen-bond donors (Lipinski definition) is 2. The maximum atomic E-state index is 13.2. The van der Waals surface area contributed by atoms with Crippen molar-refractivity contribution in [2.45, 2.75) is 29.9 Å². The molecule has 0 aliphatic carbocycles. The van der Waals surface area contributed by atoms with Crippen LogP contribution in [0.25, 0.3) is 0 Å². The molecule has 2 heterocycles. The fourth-order valence-electron chi connectivity index (χ4n) is 3.94. The smallest absolute Gasteiger partial charge is 0.310 e. The van der Waals surface area contributed by atoms with Gasteiger partial charge in [-0.3, -0.25) is 0 Å². The summed E-state index contributed by atoms with van der Waals surface area (Å²) in [4.78, 5) is -1.90. The monoisotopic (exact) mass is 407 g/mol. The highest BCUT2D eigenvalue weighted by atomic mass is 32.5. The van der Waals surface area contributed by atoms with E-state index in [9.17, 15) is 24.5 Å². The fraction of sp³-hybridized carbons (Fsp3) is 0.333. The maximum Gasteiger partial charge on any atom is 0.310 e. The molecule has 2 aromatic carbocycles. The number of fused-ring (bicyclic) bond motifs is 3. The molecule has 1 fully saturated rings. The van der Waals surface area contributed by atoms with E-state index in [-0.39, 0.29) is 23.3 Å². The number of hydrogen-bond acceptors (Lipinski definition) is 3. The predicted octanol–water partition coefficient (Wildman–Crippen LogP) is 6.68. The maximum absolute atomic E-state index is 13.2. The van der Waals surface area contributed by atoms with Gasteiger partial charge in [-0.15, -0.1) is 0 Å². The highest BCUT2D eigenvalue weighted by molar-refractivity contribution is 8.45. The van der Waals surface area contributed by atoms with Crippen molar-refractivity contribution in [1.82, 2.24) is 0 Å². The SMILES string of the molecule is Oc1cccc([C@@H]2Nc3ccc(S(F)(F)(F)(F)F)cc3[C@H]3OCCC[C@H]32)c1. The molecule has 2 aliphatic rings. The molecule has 2 aromatic rings. The first-order chi connectivity index (χ1) is 12.4. The van der Waals surface area contributed by atoms with Crippen LogP contribution < -0.4 is 5.32 Å². The zero-order valence-electron chi connectivity index (χ0n) is 14.0. The standard InChI is InChI=1S/C18H18F5NO2S/c19-27(20,21,22,23)13-6-7-16-15(10-13)18-14(5-2-8-26-18)17(24-16)11-3-1-4-12(25)9-11/h1,3-4,6-7,9-10,14,17-18,24-25H,2,5,8H2/t14-,17-,18-/m0/s1. The van der Waals surface area contributed by atoms with E-state index in [1.165, 1.54) is 6.07 Å². The van der Waals surface area contributed by atoms with Crippen molar-refractivity contribution in [2.75, 3.05) is 11.9 Å². The molecule has 2 N–H and O–H groups in total. The first kappa shape index (κ1) is 18.4. The number of benzene rings is 2. The van der Waals surface area contributed by atoms with Gasteiger partial charge in [0.1, 0.15) is 10.6 Å². The molecular formula is C18H18F5NO2S. The van der Waals surface area contributed by atoms with Crippen LogP contribution >= 0.6 is 10.2 Å². The molecule has 0 spiro atoms. The Morgan fingerprint density at radius 3 is 2.52 bits per heavy atom. The molecule has 0 amide bonds. The molecule has 27 heavy (non-hydrogen) atoms. The Labute approximate surface area is 152 Å². The molecule has 3 atom stereocenters. The number of aromatic hydroxyl groups is 1. The van der Waals surface area contributed by atoms with Gasteiger partial charge in [0.15, 0.2) is 0 Å². The van der Waals surface area contributed by atoms with E-state index in [0.29, 0.717) is 30.8 Å². The highest BCUT2D eigenvalue weighted by Crippen LogP contribution is 3.02. The summed E-state index contributed by atoms with van der Waals surface area (Å²) in [5.74, 6) is -0.161. The Balaban J connectivity index is 1.81. The van der Waals surface area contributed by atoms with E-state index in [4.69, 9.17) is 4.74 Å². The summed E-state index contributed by atoms with van der Waals surface area (Å²) < 4.78 is 71.9. The number of nitrogens with one attached hydrogen (secondary N) is 1. The van der Waals surface area contributed by atoms with E-state index >= 15 is 0 Å². The molecule has 2 aliphatic heterocycles. The molecule has 0 bridgehead atoms. The summed E-state index contributed by atoms with van der Waals surface area (Å²) in [6.07, 6.45) is 0.662. The second-order valence-electron chi connectivity index (χ2n) is 7.03. The van der Waals surface area contributed by atoms with Gasteiger partial charge in [0.05, 0.1) is 12.1 Å². The second-order valence-corrected chi connectivity index (χ2v) is 9.44. The van der Waals surface area contributed by atoms with Crippen LogP contribution in [0.15, 0.2) is 47.4 Å². The van der Waals surface area contributed by atoms with E-state index in [1.807, 2.05) is 0 Å². The molecule has 9 heteroatoms.